The molecule has 3 heteroatoms. The molecule has 0 bridgehead atoms. The summed E-state index contributed by atoms with van der Waals surface area (Å²) in [6.07, 6.45) is 0. The molecule has 2 aromatic rings. The van der Waals surface area contributed by atoms with Crippen LogP contribution in [0.3, 0.4) is 0 Å². The monoisotopic (exact) mass is 498 g/mol. The lowest BCUT2D eigenvalue weighted by Crippen LogP contribution is -1.94. The highest BCUT2D eigenvalue weighted by molar-refractivity contribution is 14.1. The second-order valence-electron chi connectivity index (χ2n) is 4.09. The van der Waals surface area contributed by atoms with Crippen LogP contribution in [-0.2, 0) is 0 Å². The number of hydrogen-bond acceptors (Lipinski definition) is 1. The summed E-state index contributed by atoms with van der Waals surface area (Å²) in [5, 5.41) is 0. The van der Waals surface area contributed by atoms with Gasteiger partial charge in [0.2, 0.25) is 0 Å². The van der Waals surface area contributed by atoms with Gasteiger partial charge in [0.15, 0.2) is 0 Å². The van der Waals surface area contributed by atoms with Crippen LogP contribution < -0.4 is 4.74 Å². The van der Waals surface area contributed by atoms with Crippen molar-refractivity contribution < 1.29 is 4.74 Å². The molecule has 0 aliphatic rings. The van der Waals surface area contributed by atoms with E-state index in [1.165, 1.54) is 0 Å². The molecule has 0 radical (unpaired) electrons. The van der Waals surface area contributed by atoms with Crippen LogP contribution >= 0.6 is 45.2 Å². The van der Waals surface area contributed by atoms with Gasteiger partial charge in [0.25, 0.3) is 0 Å². The predicted molar refractivity (Wildman–Crippen MR) is 103 cm³/mol. The molecule has 0 amide bonds. The van der Waals surface area contributed by atoms with Crippen LogP contribution in [0.1, 0.15) is 25.0 Å². The van der Waals surface area contributed by atoms with E-state index in [0.717, 1.165) is 29.8 Å². The molecule has 0 saturated heterocycles. The third-order valence-electron chi connectivity index (χ3n) is 2.67. The van der Waals surface area contributed by atoms with Crippen LogP contribution in [0, 0.1) is 30.8 Å². The van der Waals surface area contributed by atoms with Crippen molar-refractivity contribution in [1.29, 1.82) is 0 Å². The molecule has 0 atom stereocenters. The lowest BCUT2D eigenvalue weighted by molar-refractivity contribution is 0.475. The zero-order valence-electron chi connectivity index (χ0n) is 11.6. The molecule has 0 saturated carbocycles. The Balaban J connectivity index is 2.42. The zero-order valence-corrected chi connectivity index (χ0v) is 15.9. The quantitative estimate of drug-likeness (QED) is 0.397. The van der Waals surface area contributed by atoms with Crippen LogP contribution in [0.4, 0.5) is 0 Å². The third kappa shape index (κ3) is 3.93. The van der Waals surface area contributed by atoms with Crippen LogP contribution in [0.15, 0.2) is 36.4 Å². The summed E-state index contributed by atoms with van der Waals surface area (Å²) in [6.45, 7) is 3.67. The van der Waals surface area contributed by atoms with Gasteiger partial charge in [-0.1, -0.05) is 24.0 Å². The first-order valence-electron chi connectivity index (χ1n) is 6.27. The third-order valence-corrected chi connectivity index (χ3v) is 4.89. The summed E-state index contributed by atoms with van der Waals surface area (Å²) >= 11 is 4.54. The normalized spacial score (nSPS) is 9.14. The van der Waals surface area contributed by atoms with Crippen LogP contribution in [0.5, 0.6) is 11.5 Å². The van der Waals surface area contributed by atoms with Crippen molar-refractivity contribution in [1.82, 2.24) is 0 Å². The van der Waals surface area contributed by atoms with Gasteiger partial charge in [0, 0.05) is 11.1 Å². The molecule has 0 aliphatic heterocycles. The van der Waals surface area contributed by atoms with E-state index in [4.69, 9.17) is 4.74 Å². The van der Waals surface area contributed by atoms with Gasteiger partial charge >= 0.3 is 0 Å². The number of benzene rings is 2. The second-order valence-corrected chi connectivity index (χ2v) is 6.24. The first-order valence-corrected chi connectivity index (χ1v) is 8.43. The minimum absolute atomic E-state index is 0.815. The van der Waals surface area contributed by atoms with Gasteiger partial charge in [0.05, 0.1) is 7.14 Å². The Morgan fingerprint density at radius 2 is 1.19 bits per heavy atom. The van der Waals surface area contributed by atoms with Gasteiger partial charge in [-0.15, -0.1) is 11.8 Å². The van der Waals surface area contributed by atoms with Gasteiger partial charge in [-0.25, -0.2) is 0 Å². The highest BCUT2D eigenvalue weighted by atomic mass is 127. The fourth-order valence-electron chi connectivity index (χ4n) is 1.76. The van der Waals surface area contributed by atoms with Gasteiger partial charge in [0.1, 0.15) is 11.5 Å². The van der Waals surface area contributed by atoms with Gasteiger partial charge < -0.3 is 4.74 Å². The lowest BCUT2D eigenvalue weighted by atomic mass is 10.2. The maximum Gasteiger partial charge on any atom is 0.142 e. The summed E-state index contributed by atoms with van der Waals surface area (Å²) in [5.74, 6) is 13.6. The highest BCUT2D eigenvalue weighted by Gasteiger charge is 2.10. The predicted octanol–water partition coefficient (Wildman–Crippen LogP) is 5.43. The Morgan fingerprint density at radius 1 is 0.762 bits per heavy atom. The number of rotatable bonds is 2. The molecule has 2 rings (SSSR count). The Morgan fingerprint density at radius 3 is 1.57 bits per heavy atom. The molecular formula is C18H12I2O. The first-order chi connectivity index (χ1) is 10.2. The number of halogens is 2. The standard InChI is InChI=1S/C18H12I2O/c1-3-7-13-9-5-11-15(17(13)19)21-16-12-6-10-14(8-4-2)18(16)20/h5-6,9-12H,1-2H3. The molecule has 104 valence electrons. The van der Waals surface area contributed by atoms with E-state index < -0.39 is 0 Å². The van der Waals surface area contributed by atoms with Crippen molar-refractivity contribution in [3.05, 3.63) is 54.7 Å². The number of hydrogen-bond donors (Lipinski definition) is 0. The molecular weight excluding hydrogens is 486 g/mol. The van der Waals surface area contributed by atoms with E-state index in [9.17, 15) is 0 Å². The molecule has 1 nitrogen and oxygen atoms in total. The SMILES string of the molecule is CC#Cc1cccc(Oc2cccc(C#CC)c2I)c1I. The summed E-state index contributed by atoms with van der Waals surface area (Å²) in [5.41, 5.74) is 1.96. The van der Waals surface area contributed by atoms with E-state index >= 15 is 0 Å². The van der Waals surface area contributed by atoms with Crippen molar-refractivity contribution in [3.8, 4) is 35.2 Å². The number of ether oxygens (including phenoxy) is 1. The van der Waals surface area contributed by atoms with Gasteiger partial charge in [-0.05, 0) is 83.3 Å². The Kier molecular flexibility index (Phi) is 5.96. The molecule has 0 N–H and O–H groups in total. The van der Waals surface area contributed by atoms with Crippen molar-refractivity contribution in [2.75, 3.05) is 0 Å². The summed E-state index contributed by atoms with van der Waals surface area (Å²) < 4.78 is 8.10. The maximum atomic E-state index is 6.06. The fourth-order valence-corrected chi connectivity index (χ4v) is 2.97. The summed E-state index contributed by atoms with van der Waals surface area (Å²) in [7, 11) is 0. The smallest absolute Gasteiger partial charge is 0.142 e. The second kappa shape index (κ2) is 7.72. The summed E-state index contributed by atoms with van der Waals surface area (Å²) in [6, 6.07) is 11.8. The van der Waals surface area contributed by atoms with E-state index in [1.54, 1.807) is 0 Å². The average Bonchev–Trinajstić information content (AvgIpc) is 2.48. The van der Waals surface area contributed by atoms with Crippen LogP contribution in [0.2, 0.25) is 0 Å². The summed E-state index contributed by atoms with van der Waals surface area (Å²) in [4.78, 5) is 0. The molecule has 0 spiro atoms. The lowest BCUT2D eigenvalue weighted by Gasteiger charge is -2.11. The van der Waals surface area contributed by atoms with Crippen molar-refractivity contribution >= 4 is 45.2 Å². The van der Waals surface area contributed by atoms with Crippen LogP contribution in [0.25, 0.3) is 0 Å². The van der Waals surface area contributed by atoms with Crippen molar-refractivity contribution in [2.45, 2.75) is 13.8 Å². The van der Waals surface area contributed by atoms with E-state index in [-0.39, 0.29) is 0 Å². The fraction of sp³-hybridized carbons (Fsp3) is 0.111. The van der Waals surface area contributed by atoms with Crippen molar-refractivity contribution in [2.24, 2.45) is 0 Å². The molecule has 0 unspecified atom stereocenters. The largest absolute Gasteiger partial charge is 0.455 e. The maximum absolute atomic E-state index is 6.06. The Labute approximate surface area is 152 Å². The Hall–Kier alpha value is -1.18. The van der Waals surface area contributed by atoms with E-state index in [2.05, 4.69) is 68.9 Å². The molecule has 21 heavy (non-hydrogen) atoms. The van der Waals surface area contributed by atoms with E-state index in [1.807, 2.05) is 50.2 Å². The Bertz CT molecular complexity index is 719. The van der Waals surface area contributed by atoms with E-state index in [0.29, 0.717) is 0 Å². The van der Waals surface area contributed by atoms with Gasteiger partial charge in [-0.2, -0.15) is 0 Å². The zero-order chi connectivity index (χ0) is 15.2. The topological polar surface area (TPSA) is 9.23 Å². The van der Waals surface area contributed by atoms with Crippen LogP contribution in [-0.4, -0.2) is 0 Å². The average molecular weight is 498 g/mol. The van der Waals surface area contributed by atoms with Gasteiger partial charge in [-0.3, -0.25) is 0 Å². The molecule has 0 aliphatic carbocycles. The molecule has 0 aromatic heterocycles. The molecule has 2 aromatic carbocycles. The highest BCUT2D eigenvalue weighted by Crippen LogP contribution is 2.32. The first kappa shape index (κ1) is 16.2. The minimum Gasteiger partial charge on any atom is -0.455 e. The van der Waals surface area contributed by atoms with Crippen molar-refractivity contribution in [3.63, 3.8) is 0 Å². The minimum atomic E-state index is 0.815. The molecule has 0 fully saturated rings. The molecule has 0 heterocycles.